The average Bonchev–Trinajstić information content (AvgIpc) is 2.85. The smallest absolute Gasteiger partial charge is 0.339 e. The average molecular weight is 261 g/mol. The van der Waals surface area contributed by atoms with E-state index in [9.17, 15) is 4.79 Å². The quantitative estimate of drug-likeness (QED) is 0.800. The van der Waals surface area contributed by atoms with Crippen molar-refractivity contribution in [3.05, 3.63) is 41.7 Å². The minimum atomic E-state index is -1.06. The molecule has 2 aromatic rings. The number of ether oxygens (including phenoxy) is 1. The number of rotatable bonds is 5. The Morgan fingerprint density at radius 2 is 2.32 bits per heavy atom. The van der Waals surface area contributed by atoms with Crippen molar-refractivity contribution in [1.29, 1.82) is 0 Å². The Morgan fingerprint density at radius 1 is 1.53 bits per heavy atom. The molecule has 2 rings (SSSR count). The zero-order valence-corrected chi connectivity index (χ0v) is 10.5. The molecule has 100 valence electrons. The lowest BCUT2D eigenvalue weighted by molar-refractivity contribution is 0.0692. The summed E-state index contributed by atoms with van der Waals surface area (Å²) < 4.78 is 7.28. The van der Waals surface area contributed by atoms with Gasteiger partial charge in [-0.25, -0.2) is 4.79 Å². The van der Waals surface area contributed by atoms with Crippen molar-refractivity contribution in [3.63, 3.8) is 0 Å². The molecule has 0 fully saturated rings. The Balaban J connectivity index is 2.17. The molecule has 0 aliphatic carbocycles. The van der Waals surface area contributed by atoms with Gasteiger partial charge in [0, 0.05) is 18.3 Å². The minimum Gasteiger partial charge on any atom is -0.486 e. The van der Waals surface area contributed by atoms with Gasteiger partial charge in [0.2, 0.25) is 0 Å². The van der Waals surface area contributed by atoms with Gasteiger partial charge in [-0.1, -0.05) is 6.07 Å². The molecule has 0 spiro atoms. The van der Waals surface area contributed by atoms with Gasteiger partial charge in [0.05, 0.1) is 11.9 Å². The molecule has 0 saturated heterocycles. The number of nitrogens with two attached hydrogens (primary N) is 1. The van der Waals surface area contributed by atoms with Gasteiger partial charge >= 0.3 is 5.97 Å². The summed E-state index contributed by atoms with van der Waals surface area (Å²) in [5.74, 6) is -0.870. The number of aromatic nitrogens is 2. The molecule has 0 amide bonds. The summed E-state index contributed by atoms with van der Waals surface area (Å²) in [5.41, 5.74) is 6.97. The van der Waals surface area contributed by atoms with Crippen LogP contribution in [0.4, 0.5) is 5.69 Å². The molecular weight excluding hydrogens is 246 g/mol. The lowest BCUT2D eigenvalue weighted by Crippen LogP contribution is -2.05. The van der Waals surface area contributed by atoms with E-state index in [2.05, 4.69) is 5.10 Å². The molecule has 6 nitrogen and oxygen atoms in total. The molecule has 1 aromatic heterocycles. The third-order valence-electron chi connectivity index (χ3n) is 2.67. The molecule has 0 radical (unpaired) electrons. The van der Waals surface area contributed by atoms with Crippen LogP contribution in [0.2, 0.25) is 0 Å². The van der Waals surface area contributed by atoms with Crippen LogP contribution in [0.3, 0.4) is 0 Å². The first kappa shape index (κ1) is 12.9. The summed E-state index contributed by atoms with van der Waals surface area (Å²) in [6.07, 6.45) is 3.53. The van der Waals surface area contributed by atoms with E-state index in [4.69, 9.17) is 15.6 Å². The van der Waals surface area contributed by atoms with E-state index in [1.807, 2.05) is 13.1 Å². The number of nitrogens with zero attached hydrogens (tertiary/aromatic N) is 2. The summed E-state index contributed by atoms with van der Waals surface area (Å²) >= 11 is 0. The SMILES string of the molecule is CCn1cc(COc2c(N)cccc2C(=O)O)cn1. The highest BCUT2D eigenvalue weighted by Crippen LogP contribution is 2.27. The topological polar surface area (TPSA) is 90.4 Å². The molecule has 0 bridgehead atoms. The van der Waals surface area contributed by atoms with Crippen LogP contribution in [0.5, 0.6) is 5.75 Å². The number of nitrogen functional groups attached to an aromatic ring is 1. The van der Waals surface area contributed by atoms with Gasteiger partial charge < -0.3 is 15.6 Å². The second-order valence-electron chi connectivity index (χ2n) is 4.02. The summed E-state index contributed by atoms with van der Waals surface area (Å²) in [7, 11) is 0. The van der Waals surface area contributed by atoms with Crippen LogP contribution in [-0.2, 0) is 13.2 Å². The largest absolute Gasteiger partial charge is 0.486 e. The second kappa shape index (κ2) is 5.43. The number of benzene rings is 1. The fraction of sp³-hybridized carbons (Fsp3) is 0.231. The first-order valence-corrected chi connectivity index (χ1v) is 5.87. The summed E-state index contributed by atoms with van der Waals surface area (Å²) in [6, 6.07) is 4.65. The maximum Gasteiger partial charge on any atom is 0.339 e. The number of hydrogen-bond donors (Lipinski definition) is 2. The van der Waals surface area contributed by atoms with Gasteiger partial charge in [-0.05, 0) is 19.1 Å². The Hall–Kier alpha value is -2.50. The van der Waals surface area contributed by atoms with Crippen molar-refractivity contribution in [3.8, 4) is 5.75 Å². The zero-order chi connectivity index (χ0) is 13.8. The lowest BCUT2D eigenvalue weighted by atomic mass is 10.2. The Labute approximate surface area is 110 Å². The Bertz CT molecular complexity index is 593. The monoisotopic (exact) mass is 261 g/mol. The van der Waals surface area contributed by atoms with E-state index in [1.54, 1.807) is 23.0 Å². The molecule has 0 aliphatic heterocycles. The Kier molecular flexibility index (Phi) is 3.70. The van der Waals surface area contributed by atoms with Crippen LogP contribution < -0.4 is 10.5 Å². The number of para-hydroxylation sites is 1. The van der Waals surface area contributed by atoms with Gasteiger partial charge in [0.25, 0.3) is 0 Å². The predicted molar refractivity (Wildman–Crippen MR) is 70.0 cm³/mol. The van der Waals surface area contributed by atoms with Crippen molar-refractivity contribution >= 4 is 11.7 Å². The molecule has 1 heterocycles. The van der Waals surface area contributed by atoms with Crippen LogP contribution in [0, 0.1) is 0 Å². The number of carbonyl (C=O) groups is 1. The van der Waals surface area contributed by atoms with Crippen LogP contribution in [0.1, 0.15) is 22.8 Å². The van der Waals surface area contributed by atoms with E-state index in [0.29, 0.717) is 5.69 Å². The summed E-state index contributed by atoms with van der Waals surface area (Å²) in [4.78, 5) is 11.1. The zero-order valence-electron chi connectivity index (χ0n) is 10.5. The first-order chi connectivity index (χ1) is 9.11. The van der Waals surface area contributed by atoms with E-state index in [1.165, 1.54) is 6.07 Å². The molecular formula is C13H15N3O3. The third kappa shape index (κ3) is 2.85. The van der Waals surface area contributed by atoms with Crippen molar-refractivity contribution in [2.75, 3.05) is 5.73 Å². The first-order valence-electron chi connectivity index (χ1n) is 5.87. The van der Waals surface area contributed by atoms with Gasteiger partial charge in [-0.3, -0.25) is 4.68 Å². The van der Waals surface area contributed by atoms with Crippen LogP contribution in [0.25, 0.3) is 0 Å². The Morgan fingerprint density at radius 3 is 2.95 bits per heavy atom. The highest BCUT2D eigenvalue weighted by molar-refractivity contribution is 5.93. The molecule has 3 N–H and O–H groups in total. The maximum absolute atomic E-state index is 11.1. The van der Waals surface area contributed by atoms with Crippen molar-refractivity contribution in [2.45, 2.75) is 20.1 Å². The standard InChI is InChI=1S/C13H15N3O3/c1-2-16-7-9(6-15-16)8-19-12-10(13(17)18)4-3-5-11(12)14/h3-7H,2,8,14H2,1H3,(H,17,18). The van der Waals surface area contributed by atoms with Crippen molar-refractivity contribution < 1.29 is 14.6 Å². The number of carboxylic acid groups (broad SMARTS) is 1. The normalized spacial score (nSPS) is 10.4. The lowest BCUT2D eigenvalue weighted by Gasteiger charge is -2.10. The molecule has 0 atom stereocenters. The van der Waals surface area contributed by atoms with Gasteiger partial charge in [0.15, 0.2) is 5.75 Å². The fourth-order valence-corrected chi connectivity index (χ4v) is 1.69. The number of aromatic carboxylic acids is 1. The van der Waals surface area contributed by atoms with Crippen LogP contribution in [0.15, 0.2) is 30.6 Å². The van der Waals surface area contributed by atoms with E-state index in [0.717, 1.165) is 12.1 Å². The fourth-order valence-electron chi connectivity index (χ4n) is 1.69. The molecule has 1 aromatic carbocycles. The number of aryl methyl sites for hydroxylation is 1. The summed E-state index contributed by atoms with van der Waals surface area (Å²) in [6.45, 7) is 2.98. The molecule has 6 heteroatoms. The number of hydrogen-bond acceptors (Lipinski definition) is 4. The molecule has 0 aliphatic rings. The van der Waals surface area contributed by atoms with Crippen LogP contribution >= 0.6 is 0 Å². The highest BCUT2D eigenvalue weighted by Gasteiger charge is 2.14. The van der Waals surface area contributed by atoms with E-state index in [-0.39, 0.29) is 17.9 Å². The maximum atomic E-state index is 11.1. The summed E-state index contributed by atoms with van der Waals surface area (Å²) in [5, 5.41) is 13.2. The number of carboxylic acids is 1. The van der Waals surface area contributed by atoms with E-state index < -0.39 is 5.97 Å². The minimum absolute atomic E-state index is 0.0582. The van der Waals surface area contributed by atoms with Gasteiger partial charge in [-0.15, -0.1) is 0 Å². The van der Waals surface area contributed by atoms with Crippen molar-refractivity contribution in [1.82, 2.24) is 9.78 Å². The second-order valence-corrected chi connectivity index (χ2v) is 4.02. The van der Waals surface area contributed by atoms with Gasteiger partial charge in [-0.2, -0.15) is 5.10 Å². The molecule has 19 heavy (non-hydrogen) atoms. The van der Waals surface area contributed by atoms with Gasteiger partial charge in [0.1, 0.15) is 12.2 Å². The van der Waals surface area contributed by atoms with Crippen molar-refractivity contribution in [2.24, 2.45) is 0 Å². The van der Waals surface area contributed by atoms with E-state index >= 15 is 0 Å². The highest BCUT2D eigenvalue weighted by atomic mass is 16.5. The molecule has 0 unspecified atom stereocenters. The van der Waals surface area contributed by atoms with Crippen LogP contribution in [-0.4, -0.2) is 20.9 Å². The number of anilines is 1. The predicted octanol–water partition coefficient (Wildman–Crippen LogP) is 1.76. The molecule has 0 saturated carbocycles. The third-order valence-corrected chi connectivity index (χ3v) is 2.67.